The number of hydrogen-bond acceptors (Lipinski definition) is 7. The van der Waals surface area contributed by atoms with E-state index in [0.29, 0.717) is 31.9 Å². The summed E-state index contributed by atoms with van der Waals surface area (Å²) in [5.41, 5.74) is -4.31. The predicted octanol–water partition coefficient (Wildman–Crippen LogP) is 3.22. The molecule has 5 atom stereocenters. The van der Waals surface area contributed by atoms with E-state index >= 15 is 0 Å². The van der Waals surface area contributed by atoms with Gasteiger partial charge in [0.25, 0.3) is 0 Å². The van der Waals surface area contributed by atoms with E-state index in [4.69, 9.17) is 14.2 Å². The van der Waals surface area contributed by atoms with Gasteiger partial charge in [-0.1, -0.05) is 42.5 Å². The highest BCUT2D eigenvalue weighted by molar-refractivity contribution is 5.83. The fraction of sp³-hybridized carbons (Fsp3) is 0.379. The van der Waals surface area contributed by atoms with Crippen LogP contribution in [0.5, 0.6) is 11.5 Å². The van der Waals surface area contributed by atoms with Gasteiger partial charge in [0.15, 0.2) is 11.2 Å². The Morgan fingerprint density at radius 1 is 1.07 bits per heavy atom. The fourth-order valence-corrected chi connectivity index (χ4v) is 6.57. The molecule has 11 heteroatoms. The minimum Gasteiger partial charge on any atom is -0.495 e. The monoisotopic (exact) mass is 556 g/mol. The first-order valence-corrected chi connectivity index (χ1v) is 12.9. The molecule has 2 fully saturated rings. The standard InChI is InChI=1S/C29H27F3N2O6/c1-38-20-15-33-16-21-24(20)27(37)25(35)22(26(36)34-11-13-39-14-12-34)23(17-5-3-2-4-6-17)28(27,40-21)18-7-9-19(10-8-18)29(30,31)32/h2-10,15-16,22-23,25,35,37H,11-14H2,1H3/t22-,23-,25-,27+,28+/m1/s1. The normalized spacial score (nSPS) is 29.4. The summed E-state index contributed by atoms with van der Waals surface area (Å²) in [5, 5.41) is 24.8. The van der Waals surface area contributed by atoms with Crippen molar-refractivity contribution in [2.75, 3.05) is 33.4 Å². The van der Waals surface area contributed by atoms with Crippen molar-refractivity contribution in [1.82, 2.24) is 9.88 Å². The number of nitrogens with zero attached hydrogens (tertiary/aromatic N) is 2. The lowest BCUT2D eigenvalue weighted by Gasteiger charge is -2.41. The van der Waals surface area contributed by atoms with Gasteiger partial charge in [0.05, 0.1) is 49.8 Å². The Balaban J connectivity index is 1.63. The number of carbonyl (C=O) groups excluding carboxylic acids is 1. The van der Waals surface area contributed by atoms with Crippen LogP contribution in [0.1, 0.15) is 28.2 Å². The number of aliphatic hydroxyl groups is 2. The zero-order valence-electron chi connectivity index (χ0n) is 21.5. The maximum Gasteiger partial charge on any atom is 0.416 e. The molecule has 40 heavy (non-hydrogen) atoms. The molecule has 210 valence electrons. The Bertz CT molecular complexity index is 1410. The van der Waals surface area contributed by atoms with Gasteiger partial charge in [0.1, 0.15) is 17.6 Å². The fourth-order valence-electron chi connectivity index (χ4n) is 6.57. The molecular formula is C29H27F3N2O6. The van der Waals surface area contributed by atoms with Crippen molar-refractivity contribution in [2.45, 2.75) is 29.4 Å². The molecule has 6 rings (SSSR count). The number of carbonyl (C=O) groups is 1. The number of pyridine rings is 1. The number of rotatable bonds is 4. The number of fused-ring (bicyclic) bond motifs is 3. The number of amides is 1. The van der Waals surface area contributed by atoms with Gasteiger partial charge in [0.2, 0.25) is 5.91 Å². The van der Waals surface area contributed by atoms with Gasteiger partial charge in [-0.15, -0.1) is 0 Å². The SMILES string of the molecule is COc1cncc2c1[C@]1(O)[C@H](O)[C@H](C(=O)N3CCOCC3)[C@@H](c3ccccc3)[C@]1(c1ccc(C(F)(F)F)cc1)O2. The van der Waals surface area contributed by atoms with Crippen LogP contribution in [-0.2, 0) is 26.9 Å². The van der Waals surface area contributed by atoms with Crippen LogP contribution in [0.15, 0.2) is 67.0 Å². The summed E-state index contributed by atoms with van der Waals surface area (Å²) in [7, 11) is 1.37. The Hall–Kier alpha value is -3.67. The summed E-state index contributed by atoms with van der Waals surface area (Å²) >= 11 is 0. The second-order valence-electron chi connectivity index (χ2n) is 10.2. The average molecular weight is 557 g/mol. The van der Waals surface area contributed by atoms with E-state index in [0.717, 1.165) is 12.1 Å². The Kier molecular flexibility index (Phi) is 6.28. The van der Waals surface area contributed by atoms with Gasteiger partial charge in [-0.25, -0.2) is 0 Å². The van der Waals surface area contributed by atoms with Crippen LogP contribution in [-0.4, -0.2) is 65.5 Å². The highest BCUT2D eigenvalue weighted by atomic mass is 19.4. The van der Waals surface area contributed by atoms with E-state index in [1.54, 1.807) is 35.2 Å². The number of halogens is 3. The molecule has 0 unspecified atom stereocenters. The van der Waals surface area contributed by atoms with Crippen LogP contribution in [0, 0.1) is 5.92 Å². The van der Waals surface area contributed by atoms with Crippen LogP contribution in [0.2, 0.25) is 0 Å². The zero-order chi connectivity index (χ0) is 28.3. The van der Waals surface area contributed by atoms with Crippen molar-refractivity contribution in [2.24, 2.45) is 5.92 Å². The number of aliphatic hydroxyl groups excluding tert-OH is 1. The molecule has 1 amide bonds. The predicted molar refractivity (Wildman–Crippen MR) is 135 cm³/mol. The highest BCUT2D eigenvalue weighted by Crippen LogP contribution is 2.69. The summed E-state index contributed by atoms with van der Waals surface area (Å²) in [6.07, 6.45) is -3.62. The van der Waals surface area contributed by atoms with Crippen LogP contribution < -0.4 is 9.47 Å². The quantitative estimate of drug-likeness (QED) is 0.509. The number of alkyl halides is 3. The van der Waals surface area contributed by atoms with Gasteiger partial charge in [-0.3, -0.25) is 9.78 Å². The van der Waals surface area contributed by atoms with E-state index in [1.165, 1.54) is 31.6 Å². The first-order valence-electron chi connectivity index (χ1n) is 12.9. The Morgan fingerprint density at radius 2 is 1.75 bits per heavy atom. The van der Waals surface area contributed by atoms with Crippen LogP contribution in [0.4, 0.5) is 13.2 Å². The maximum atomic E-state index is 14.1. The second-order valence-corrected chi connectivity index (χ2v) is 10.2. The van der Waals surface area contributed by atoms with Gasteiger partial charge >= 0.3 is 6.18 Å². The van der Waals surface area contributed by atoms with Gasteiger partial charge in [0, 0.05) is 19.0 Å². The molecule has 2 aromatic carbocycles. The van der Waals surface area contributed by atoms with Crippen molar-refractivity contribution in [1.29, 1.82) is 0 Å². The third kappa shape index (κ3) is 3.64. The third-order valence-corrected chi connectivity index (χ3v) is 8.29. The molecule has 0 bridgehead atoms. The average Bonchev–Trinajstić information content (AvgIpc) is 3.36. The lowest BCUT2D eigenvalue weighted by Crippen LogP contribution is -2.52. The summed E-state index contributed by atoms with van der Waals surface area (Å²) in [6, 6.07) is 13.0. The number of ether oxygens (including phenoxy) is 3. The lowest BCUT2D eigenvalue weighted by molar-refractivity contribution is -0.158. The molecule has 2 aliphatic heterocycles. The molecular weight excluding hydrogens is 529 g/mol. The first-order chi connectivity index (χ1) is 19.1. The molecule has 3 aliphatic rings. The molecule has 2 N–H and O–H groups in total. The topological polar surface area (TPSA) is 101 Å². The van der Waals surface area contributed by atoms with Crippen molar-refractivity contribution in [3.8, 4) is 11.5 Å². The molecule has 1 aliphatic carbocycles. The molecule has 0 spiro atoms. The summed E-state index contributed by atoms with van der Waals surface area (Å²) in [4.78, 5) is 19.8. The number of aromatic nitrogens is 1. The van der Waals surface area contributed by atoms with E-state index in [1.807, 2.05) is 0 Å². The Morgan fingerprint density at radius 3 is 2.38 bits per heavy atom. The van der Waals surface area contributed by atoms with Gasteiger partial charge < -0.3 is 29.3 Å². The second kappa shape index (κ2) is 9.46. The number of morpholine rings is 1. The van der Waals surface area contributed by atoms with E-state index in [2.05, 4.69) is 4.98 Å². The molecule has 0 radical (unpaired) electrons. The van der Waals surface area contributed by atoms with Crippen LogP contribution >= 0.6 is 0 Å². The van der Waals surface area contributed by atoms with Gasteiger partial charge in [-0.05, 0) is 23.3 Å². The van der Waals surface area contributed by atoms with Gasteiger partial charge in [-0.2, -0.15) is 13.2 Å². The zero-order valence-corrected chi connectivity index (χ0v) is 21.5. The number of methoxy groups -OCH3 is 1. The first kappa shape index (κ1) is 26.5. The largest absolute Gasteiger partial charge is 0.495 e. The summed E-state index contributed by atoms with van der Waals surface area (Å²) in [5.74, 6) is -2.45. The van der Waals surface area contributed by atoms with E-state index in [9.17, 15) is 28.2 Å². The summed E-state index contributed by atoms with van der Waals surface area (Å²) in [6.45, 7) is 1.22. The van der Waals surface area contributed by atoms with Crippen LogP contribution in [0.3, 0.4) is 0 Å². The molecule has 8 nitrogen and oxygen atoms in total. The molecule has 1 saturated heterocycles. The molecule has 1 saturated carbocycles. The van der Waals surface area contributed by atoms with E-state index < -0.39 is 46.8 Å². The Labute approximate surface area is 227 Å². The lowest BCUT2D eigenvalue weighted by atomic mass is 9.70. The maximum absolute atomic E-state index is 14.1. The van der Waals surface area contributed by atoms with Crippen molar-refractivity contribution < 1.29 is 42.4 Å². The minimum absolute atomic E-state index is 0.0793. The molecule has 3 aromatic rings. The molecule has 3 heterocycles. The smallest absolute Gasteiger partial charge is 0.416 e. The highest BCUT2D eigenvalue weighted by Gasteiger charge is 2.78. The number of hydrogen-bond donors (Lipinski definition) is 2. The van der Waals surface area contributed by atoms with Crippen molar-refractivity contribution in [3.05, 3.63) is 89.2 Å². The minimum atomic E-state index is -4.60. The van der Waals surface area contributed by atoms with Crippen molar-refractivity contribution in [3.63, 3.8) is 0 Å². The summed E-state index contributed by atoms with van der Waals surface area (Å²) < 4.78 is 58.0. The van der Waals surface area contributed by atoms with Crippen molar-refractivity contribution >= 4 is 5.91 Å². The number of benzene rings is 2. The van der Waals surface area contributed by atoms with Crippen LogP contribution in [0.25, 0.3) is 0 Å². The molecule has 1 aromatic heterocycles. The van der Waals surface area contributed by atoms with E-state index in [-0.39, 0.29) is 22.6 Å². The third-order valence-electron chi connectivity index (χ3n) is 8.29.